The SMILES string of the molecule is Cc1ccccc1C(=O)OCCC[C@H]1OC2O[C@]3(C)CC[C@H]4[C@H](C)CC[C@@H]([C@H]1C)[C@@]24OO3. The molecule has 176 valence electrons. The van der Waals surface area contributed by atoms with Gasteiger partial charge in [-0.15, -0.1) is 0 Å². The van der Waals surface area contributed by atoms with Crippen LogP contribution in [0.1, 0.15) is 75.2 Å². The maximum absolute atomic E-state index is 12.4. The van der Waals surface area contributed by atoms with Gasteiger partial charge in [0.15, 0.2) is 11.9 Å². The highest BCUT2D eigenvalue weighted by molar-refractivity contribution is 5.90. The first kappa shape index (κ1) is 22.3. The summed E-state index contributed by atoms with van der Waals surface area (Å²) >= 11 is 0. The number of rotatable bonds is 5. The Morgan fingerprint density at radius 1 is 1.12 bits per heavy atom. The van der Waals surface area contributed by atoms with Gasteiger partial charge >= 0.3 is 5.97 Å². The maximum atomic E-state index is 12.4. The fraction of sp³-hybridized carbons (Fsp3) is 0.731. The van der Waals surface area contributed by atoms with E-state index in [1.807, 2.05) is 38.1 Å². The molecule has 8 atom stereocenters. The van der Waals surface area contributed by atoms with E-state index in [0.717, 1.165) is 37.7 Å². The predicted molar refractivity (Wildman–Crippen MR) is 118 cm³/mol. The smallest absolute Gasteiger partial charge is 0.338 e. The van der Waals surface area contributed by atoms with Gasteiger partial charge < -0.3 is 14.2 Å². The molecule has 4 saturated heterocycles. The van der Waals surface area contributed by atoms with Crippen LogP contribution < -0.4 is 0 Å². The minimum Gasteiger partial charge on any atom is -0.462 e. The van der Waals surface area contributed by atoms with E-state index in [0.29, 0.717) is 35.8 Å². The molecule has 1 aromatic rings. The van der Waals surface area contributed by atoms with Crippen molar-refractivity contribution in [2.45, 2.75) is 90.0 Å². The fourth-order valence-corrected chi connectivity index (χ4v) is 6.64. The van der Waals surface area contributed by atoms with E-state index in [2.05, 4.69) is 13.8 Å². The molecule has 0 radical (unpaired) electrons. The number of benzene rings is 1. The van der Waals surface area contributed by atoms with Crippen molar-refractivity contribution in [3.63, 3.8) is 0 Å². The first-order chi connectivity index (χ1) is 15.3. The van der Waals surface area contributed by atoms with Crippen LogP contribution in [0, 0.1) is 30.6 Å². The second kappa shape index (κ2) is 8.39. The molecular formula is C26H36O6. The first-order valence-electron chi connectivity index (χ1n) is 12.3. The van der Waals surface area contributed by atoms with Crippen LogP contribution in [0.4, 0.5) is 0 Å². The quantitative estimate of drug-likeness (QED) is 0.354. The van der Waals surface area contributed by atoms with Crippen LogP contribution in [0.3, 0.4) is 0 Å². The van der Waals surface area contributed by atoms with Gasteiger partial charge in [-0.1, -0.05) is 32.0 Å². The summed E-state index contributed by atoms with van der Waals surface area (Å²) < 4.78 is 18.6. The lowest BCUT2D eigenvalue weighted by atomic mass is 9.57. The van der Waals surface area contributed by atoms with E-state index in [1.54, 1.807) is 0 Å². The predicted octanol–water partition coefficient (Wildman–Crippen LogP) is 5.18. The van der Waals surface area contributed by atoms with E-state index < -0.39 is 17.7 Å². The Morgan fingerprint density at radius 2 is 1.94 bits per heavy atom. The van der Waals surface area contributed by atoms with Gasteiger partial charge in [0.25, 0.3) is 0 Å². The Labute approximate surface area is 190 Å². The Kier molecular flexibility index (Phi) is 5.85. The summed E-state index contributed by atoms with van der Waals surface area (Å²) in [4.78, 5) is 24.5. The molecule has 5 aliphatic rings. The highest BCUT2D eigenvalue weighted by Gasteiger charge is 2.69. The topological polar surface area (TPSA) is 63.2 Å². The summed E-state index contributed by atoms with van der Waals surface area (Å²) in [7, 11) is 0. The average molecular weight is 445 g/mol. The van der Waals surface area contributed by atoms with Crippen LogP contribution in [0.2, 0.25) is 0 Å². The molecule has 1 spiro atoms. The molecule has 6 heteroatoms. The zero-order valence-electron chi connectivity index (χ0n) is 19.7. The van der Waals surface area contributed by atoms with Gasteiger partial charge in [-0.05, 0) is 75.3 Å². The van der Waals surface area contributed by atoms with Crippen LogP contribution in [-0.2, 0) is 24.0 Å². The Balaban J connectivity index is 1.25. The zero-order chi connectivity index (χ0) is 22.5. The molecule has 0 N–H and O–H groups in total. The maximum Gasteiger partial charge on any atom is 0.338 e. The van der Waals surface area contributed by atoms with E-state index >= 15 is 0 Å². The molecule has 1 unspecified atom stereocenters. The van der Waals surface area contributed by atoms with Gasteiger partial charge in [0.1, 0.15) is 0 Å². The third-order valence-corrected chi connectivity index (χ3v) is 8.53. The van der Waals surface area contributed by atoms with Crippen molar-refractivity contribution in [1.82, 2.24) is 0 Å². The average Bonchev–Trinajstić information content (AvgIpc) is 3.00. The summed E-state index contributed by atoms with van der Waals surface area (Å²) in [5, 5.41) is 0. The molecule has 4 aliphatic heterocycles. The number of ether oxygens (including phenoxy) is 3. The zero-order valence-corrected chi connectivity index (χ0v) is 19.7. The molecule has 0 amide bonds. The number of carbonyl (C=O) groups excluding carboxylic acids is 1. The van der Waals surface area contributed by atoms with Gasteiger partial charge in [-0.25, -0.2) is 14.6 Å². The number of hydrogen-bond acceptors (Lipinski definition) is 6. The fourth-order valence-electron chi connectivity index (χ4n) is 6.64. The minimum absolute atomic E-state index is 0.0494. The number of fused-ring (bicyclic) bond motifs is 2. The van der Waals surface area contributed by atoms with Gasteiger partial charge in [0.05, 0.1) is 18.3 Å². The third-order valence-electron chi connectivity index (χ3n) is 8.53. The number of carbonyl (C=O) groups is 1. The first-order valence-corrected chi connectivity index (χ1v) is 12.3. The van der Waals surface area contributed by atoms with Crippen molar-refractivity contribution in [2.75, 3.05) is 6.61 Å². The van der Waals surface area contributed by atoms with Crippen LogP contribution in [-0.4, -0.2) is 36.4 Å². The number of hydrogen-bond donors (Lipinski definition) is 0. The van der Waals surface area contributed by atoms with E-state index in [4.69, 9.17) is 24.0 Å². The van der Waals surface area contributed by atoms with Crippen LogP contribution >= 0.6 is 0 Å². The Morgan fingerprint density at radius 3 is 2.75 bits per heavy atom. The summed E-state index contributed by atoms with van der Waals surface area (Å²) in [5.74, 6) is 0.606. The molecule has 1 saturated carbocycles. The Hall–Kier alpha value is -1.47. The molecule has 5 fully saturated rings. The van der Waals surface area contributed by atoms with Crippen molar-refractivity contribution in [3.05, 3.63) is 35.4 Å². The second-order valence-corrected chi connectivity index (χ2v) is 10.5. The van der Waals surface area contributed by atoms with Crippen molar-refractivity contribution >= 4 is 5.97 Å². The molecule has 32 heavy (non-hydrogen) atoms. The summed E-state index contributed by atoms with van der Waals surface area (Å²) in [6.07, 6.45) is 5.39. The monoisotopic (exact) mass is 444 g/mol. The molecule has 4 heterocycles. The number of esters is 1. The minimum atomic E-state index is -0.744. The van der Waals surface area contributed by atoms with Crippen LogP contribution in [0.25, 0.3) is 0 Å². The van der Waals surface area contributed by atoms with Crippen LogP contribution in [0.5, 0.6) is 0 Å². The molecule has 1 aromatic carbocycles. The lowest BCUT2D eigenvalue weighted by molar-refractivity contribution is -0.571. The summed E-state index contributed by atoms with van der Waals surface area (Å²) in [5.41, 5.74) is 1.05. The second-order valence-electron chi connectivity index (χ2n) is 10.5. The largest absolute Gasteiger partial charge is 0.462 e. The lowest BCUT2D eigenvalue weighted by Gasteiger charge is -2.60. The van der Waals surface area contributed by atoms with Gasteiger partial charge in [0, 0.05) is 12.3 Å². The Bertz CT molecular complexity index is 856. The van der Waals surface area contributed by atoms with Gasteiger partial charge in [-0.3, -0.25) is 0 Å². The number of aryl methyl sites for hydroxylation is 1. The van der Waals surface area contributed by atoms with E-state index in [1.165, 1.54) is 6.42 Å². The normalized spacial score (nSPS) is 42.8. The third kappa shape index (κ3) is 3.60. The molecule has 0 aromatic heterocycles. The van der Waals surface area contributed by atoms with Gasteiger partial charge in [0.2, 0.25) is 5.79 Å². The van der Waals surface area contributed by atoms with Crippen molar-refractivity contribution < 1.29 is 28.8 Å². The molecule has 6 nitrogen and oxygen atoms in total. The highest BCUT2D eigenvalue weighted by Crippen LogP contribution is 2.60. The van der Waals surface area contributed by atoms with Crippen molar-refractivity contribution in [2.24, 2.45) is 23.7 Å². The lowest BCUT2D eigenvalue weighted by Crippen LogP contribution is -2.70. The van der Waals surface area contributed by atoms with Crippen molar-refractivity contribution in [1.29, 1.82) is 0 Å². The van der Waals surface area contributed by atoms with Crippen LogP contribution in [0.15, 0.2) is 24.3 Å². The standard InChI is InChI=1S/C26H36O6/c1-16-8-5-6-9-19(16)23(27)28-15-7-10-22-18(3)21-12-11-17(2)20-13-14-25(4)30-24(29-22)26(20,21)32-31-25/h5-6,8-9,17-18,20-22,24H,7,10-15H2,1-4H3/t17-,18-,20+,21+,22-,24?,25+,26-/m1/s1. The molecule has 6 rings (SSSR count). The molecule has 2 bridgehead atoms. The molecular weight excluding hydrogens is 408 g/mol. The highest BCUT2D eigenvalue weighted by atomic mass is 17.3. The van der Waals surface area contributed by atoms with E-state index in [9.17, 15) is 4.79 Å². The van der Waals surface area contributed by atoms with E-state index in [-0.39, 0.29) is 12.1 Å². The van der Waals surface area contributed by atoms with Crippen molar-refractivity contribution in [3.8, 4) is 0 Å². The summed E-state index contributed by atoms with van der Waals surface area (Å²) in [6, 6.07) is 7.52. The summed E-state index contributed by atoms with van der Waals surface area (Å²) in [6.45, 7) is 8.87. The van der Waals surface area contributed by atoms with Gasteiger partial charge in [-0.2, -0.15) is 0 Å². The molecule has 1 aliphatic carbocycles.